The van der Waals surface area contributed by atoms with Crippen LogP contribution in [0.4, 0.5) is 11.6 Å². The summed E-state index contributed by atoms with van der Waals surface area (Å²) in [6.07, 6.45) is 1.02. The molecule has 0 aliphatic heterocycles. The summed E-state index contributed by atoms with van der Waals surface area (Å²) in [5.74, 6) is 0.421. The van der Waals surface area contributed by atoms with E-state index in [9.17, 15) is 10.1 Å². The number of nitro groups is 1. The fourth-order valence-electron chi connectivity index (χ4n) is 1.52. The highest BCUT2D eigenvalue weighted by Crippen LogP contribution is 2.25. The molecule has 8 heteroatoms. The summed E-state index contributed by atoms with van der Waals surface area (Å²) >= 11 is 0. The van der Waals surface area contributed by atoms with Gasteiger partial charge in [0.2, 0.25) is 5.95 Å². The third-order valence-corrected chi connectivity index (χ3v) is 2.46. The molecule has 0 saturated heterocycles. The molecule has 8 nitrogen and oxygen atoms in total. The minimum Gasteiger partial charge on any atom is -0.497 e. The summed E-state index contributed by atoms with van der Waals surface area (Å²) in [6.45, 7) is 0.106. The van der Waals surface area contributed by atoms with Crippen LogP contribution in [-0.4, -0.2) is 22.0 Å². The molecule has 2 rings (SSSR count). The van der Waals surface area contributed by atoms with Crippen molar-refractivity contribution in [1.82, 2.24) is 9.97 Å². The Morgan fingerprint density at radius 3 is 2.95 bits per heavy atom. The molecule has 0 spiro atoms. The number of ether oxygens (including phenoxy) is 2. The fourth-order valence-corrected chi connectivity index (χ4v) is 1.52. The van der Waals surface area contributed by atoms with Crippen LogP contribution in [-0.2, 0) is 6.61 Å². The van der Waals surface area contributed by atoms with E-state index in [0.29, 0.717) is 5.75 Å². The first-order chi connectivity index (χ1) is 9.60. The van der Waals surface area contributed by atoms with Crippen LogP contribution in [0.25, 0.3) is 0 Å². The van der Waals surface area contributed by atoms with E-state index in [0.717, 1.165) is 11.8 Å². The molecule has 2 aromatic rings. The minimum absolute atomic E-state index is 0.0868. The molecule has 0 bridgehead atoms. The van der Waals surface area contributed by atoms with E-state index in [1.54, 1.807) is 31.4 Å². The van der Waals surface area contributed by atoms with Crippen molar-refractivity contribution in [2.24, 2.45) is 0 Å². The number of hydrogen-bond donors (Lipinski definition) is 1. The fraction of sp³-hybridized carbons (Fsp3) is 0.167. The molecule has 1 aromatic heterocycles. The second-order valence-corrected chi connectivity index (χ2v) is 3.82. The second-order valence-electron chi connectivity index (χ2n) is 3.82. The van der Waals surface area contributed by atoms with Gasteiger partial charge in [-0.25, -0.2) is 4.98 Å². The topological polar surface area (TPSA) is 113 Å². The van der Waals surface area contributed by atoms with Crippen molar-refractivity contribution in [2.75, 3.05) is 12.8 Å². The standard InChI is InChI=1S/C12H12N4O4/c1-19-9-4-2-3-8(5-9)7-20-11-10(16(17)18)6-14-12(13)15-11/h2-6H,7H2,1H3,(H2,13,14,15). The third-order valence-electron chi connectivity index (χ3n) is 2.46. The van der Waals surface area contributed by atoms with Gasteiger partial charge in [-0.15, -0.1) is 0 Å². The number of anilines is 1. The summed E-state index contributed by atoms with van der Waals surface area (Å²) in [7, 11) is 1.55. The van der Waals surface area contributed by atoms with E-state index in [-0.39, 0.29) is 24.1 Å². The quantitative estimate of drug-likeness (QED) is 0.651. The summed E-state index contributed by atoms with van der Waals surface area (Å²) in [5, 5.41) is 10.8. The Kier molecular flexibility index (Phi) is 3.94. The number of hydrogen-bond acceptors (Lipinski definition) is 7. The summed E-state index contributed by atoms with van der Waals surface area (Å²) in [5.41, 5.74) is 5.85. The Hall–Kier alpha value is -2.90. The summed E-state index contributed by atoms with van der Waals surface area (Å²) in [4.78, 5) is 17.5. The van der Waals surface area contributed by atoms with Crippen LogP contribution >= 0.6 is 0 Å². The van der Waals surface area contributed by atoms with Gasteiger partial charge in [-0.05, 0) is 17.7 Å². The maximum absolute atomic E-state index is 10.8. The number of nitrogens with two attached hydrogens (primary N) is 1. The normalized spacial score (nSPS) is 10.1. The second kappa shape index (κ2) is 5.83. The zero-order valence-corrected chi connectivity index (χ0v) is 10.6. The van der Waals surface area contributed by atoms with Gasteiger partial charge < -0.3 is 15.2 Å². The minimum atomic E-state index is -0.625. The molecular weight excluding hydrogens is 264 g/mol. The average Bonchev–Trinajstić information content (AvgIpc) is 2.45. The SMILES string of the molecule is COc1cccc(COc2nc(N)ncc2[N+](=O)[O-])c1. The molecule has 1 heterocycles. The van der Waals surface area contributed by atoms with Gasteiger partial charge in [-0.2, -0.15) is 4.98 Å². The lowest BCUT2D eigenvalue weighted by atomic mass is 10.2. The lowest BCUT2D eigenvalue weighted by Crippen LogP contribution is -2.04. The van der Waals surface area contributed by atoms with Crippen LogP contribution in [0.2, 0.25) is 0 Å². The molecule has 0 fully saturated rings. The number of methoxy groups -OCH3 is 1. The lowest BCUT2D eigenvalue weighted by molar-refractivity contribution is -0.386. The average molecular weight is 276 g/mol. The highest BCUT2D eigenvalue weighted by Gasteiger charge is 2.18. The molecule has 0 unspecified atom stereocenters. The zero-order chi connectivity index (χ0) is 14.5. The molecule has 20 heavy (non-hydrogen) atoms. The first kappa shape index (κ1) is 13.5. The predicted molar refractivity (Wildman–Crippen MR) is 70.4 cm³/mol. The Morgan fingerprint density at radius 2 is 2.25 bits per heavy atom. The van der Waals surface area contributed by atoms with Crippen molar-refractivity contribution in [3.63, 3.8) is 0 Å². The predicted octanol–water partition coefficient (Wildman–Crippen LogP) is 1.55. The number of nitrogen functional groups attached to an aromatic ring is 1. The van der Waals surface area contributed by atoms with E-state index in [1.807, 2.05) is 0 Å². The molecule has 0 aliphatic carbocycles. The molecule has 0 atom stereocenters. The molecular formula is C12H12N4O4. The van der Waals surface area contributed by atoms with Gasteiger partial charge in [0.15, 0.2) is 0 Å². The maximum Gasteiger partial charge on any atom is 0.349 e. The van der Waals surface area contributed by atoms with Crippen molar-refractivity contribution in [3.05, 3.63) is 46.1 Å². The first-order valence-corrected chi connectivity index (χ1v) is 5.63. The molecule has 0 radical (unpaired) electrons. The number of aromatic nitrogens is 2. The van der Waals surface area contributed by atoms with Crippen LogP contribution in [0.1, 0.15) is 5.56 Å². The van der Waals surface area contributed by atoms with Crippen molar-refractivity contribution in [3.8, 4) is 11.6 Å². The van der Waals surface area contributed by atoms with E-state index in [1.165, 1.54) is 0 Å². The van der Waals surface area contributed by atoms with Crippen LogP contribution in [0.3, 0.4) is 0 Å². The lowest BCUT2D eigenvalue weighted by Gasteiger charge is -2.07. The van der Waals surface area contributed by atoms with Crippen molar-refractivity contribution < 1.29 is 14.4 Å². The van der Waals surface area contributed by atoms with E-state index < -0.39 is 4.92 Å². The Balaban J connectivity index is 2.17. The van der Waals surface area contributed by atoms with Crippen molar-refractivity contribution in [1.29, 1.82) is 0 Å². The van der Waals surface area contributed by atoms with Crippen LogP contribution in [0.15, 0.2) is 30.5 Å². The molecule has 2 N–H and O–H groups in total. The summed E-state index contributed by atoms with van der Waals surface area (Å²) in [6, 6.07) is 7.14. The highest BCUT2D eigenvalue weighted by atomic mass is 16.6. The Morgan fingerprint density at radius 1 is 1.45 bits per heavy atom. The van der Waals surface area contributed by atoms with Gasteiger partial charge >= 0.3 is 5.69 Å². The smallest absolute Gasteiger partial charge is 0.349 e. The highest BCUT2D eigenvalue weighted by molar-refractivity contribution is 5.41. The number of nitrogens with zero attached hydrogens (tertiary/aromatic N) is 3. The van der Waals surface area contributed by atoms with Crippen molar-refractivity contribution >= 4 is 11.6 Å². The van der Waals surface area contributed by atoms with Crippen LogP contribution in [0, 0.1) is 10.1 Å². The van der Waals surface area contributed by atoms with Gasteiger partial charge in [0.1, 0.15) is 18.6 Å². The third kappa shape index (κ3) is 3.10. The molecule has 1 aromatic carbocycles. The van der Waals surface area contributed by atoms with Crippen LogP contribution < -0.4 is 15.2 Å². The maximum atomic E-state index is 10.8. The first-order valence-electron chi connectivity index (χ1n) is 5.63. The van der Waals surface area contributed by atoms with Gasteiger partial charge in [0, 0.05) is 0 Å². The molecule has 0 amide bonds. The molecule has 0 aliphatic rings. The summed E-state index contributed by atoms with van der Waals surface area (Å²) < 4.78 is 10.4. The molecule has 0 saturated carbocycles. The Bertz CT molecular complexity index is 633. The van der Waals surface area contributed by atoms with Gasteiger partial charge in [-0.3, -0.25) is 10.1 Å². The number of rotatable bonds is 5. The largest absolute Gasteiger partial charge is 0.497 e. The van der Waals surface area contributed by atoms with E-state index >= 15 is 0 Å². The van der Waals surface area contributed by atoms with Crippen LogP contribution in [0.5, 0.6) is 11.6 Å². The molecule has 104 valence electrons. The van der Waals surface area contributed by atoms with Gasteiger partial charge in [0.25, 0.3) is 5.88 Å². The zero-order valence-electron chi connectivity index (χ0n) is 10.6. The van der Waals surface area contributed by atoms with E-state index in [2.05, 4.69) is 9.97 Å². The van der Waals surface area contributed by atoms with Crippen molar-refractivity contribution in [2.45, 2.75) is 6.61 Å². The van der Waals surface area contributed by atoms with E-state index in [4.69, 9.17) is 15.2 Å². The number of benzene rings is 1. The monoisotopic (exact) mass is 276 g/mol. The van der Waals surface area contributed by atoms with Gasteiger partial charge in [-0.1, -0.05) is 12.1 Å². The van der Waals surface area contributed by atoms with Gasteiger partial charge in [0.05, 0.1) is 12.0 Å². The Labute approximate surface area is 114 Å².